The third kappa shape index (κ3) is 4.24. The molecule has 1 unspecified atom stereocenters. The maximum absolute atomic E-state index is 12.9. The molecular weight excluding hydrogens is 384 g/mol. The largest absolute Gasteiger partial charge is 0.355 e. The van der Waals surface area contributed by atoms with E-state index in [0.29, 0.717) is 19.0 Å². The summed E-state index contributed by atoms with van der Waals surface area (Å²) in [5.41, 5.74) is 3.27. The molecule has 2 aromatic rings. The van der Waals surface area contributed by atoms with Gasteiger partial charge in [-0.05, 0) is 30.0 Å². The van der Waals surface area contributed by atoms with Gasteiger partial charge in [-0.1, -0.05) is 48.5 Å². The number of fused-ring (bicyclic) bond motifs is 1. The van der Waals surface area contributed by atoms with Gasteiger partial charge >= 0.3 is 0 Å². The Balaban J connectivity index is 1.33. The highest BCUT2D eigenvalue weighted by atomic mass is 32.2. The van der Waals surface area contributed by atoms with Gasteiger partial charge in [0.05, 0.1) is 11.4 Å². The van der Waals surface area contributed by atoms with Crippen LogP contribution in [0, 0.1) is 0 Å². The Morgan fingerprint density at radius 2 is 1.86 bits per heavy atom. The molecule has 0 spiro atoms. The molecule has 0 bridgehead atoms. The van der Waals surface area contributed by atoms with Crippen LogP contribution in [0.1, 0.15) is 23.5 Å². The fourth-order valence-corrected chi connectivity index (χ4v) is 5.71. The molecule has 1 fully saturated rings. The van der Waals surface area contributed by atoms with Crippen molar-refractivity contribution in [3.8, 4) is 0 Å². The van der Waals surface area contributed by atoms with Crippen LogP contribution in [0.25, 0.3) is 0 Å². The van der Waals surface area contributed by atoms with Crippen molar-refractivity contribution in [2.75, 3.05) is 43.3 Å². The number of benzene rings is 2. The second-order valence-corrected chi connectivity index (χ2v) is 9.60. The van der Waals surface area contributed by atoms with Crippen LogP contribution in [0.15, 0.2) is 59.6 Å². The molecule has 0 aliphatic carbocycles. The minimum absolute atomic E-state index is 0.0519. The number of rotatable bonds is 5. The lowest BCUT2D eigenvalue weighted by atomic mass is 9.99. The van der Waals surface area contributed by atoms with Crippen molar-refractivity contribution in [3.63, 3.8) is 0 Å². The van der Waals surface area contributed by atoms with Gasteiger partial charge in [0.1, 0.15) is 0 Å². The molecule has 1 atom stereocenters. The number of aliphatic imine (C=N–C) groups is 1. The first kappa shape index (κ1) is 19.8. The highest BCUT2D eigenvalue weighted by Gasteiger charge is 2.29. The van der Waals surface area contributed by atoms with Crippen LogP contribution in [0.5, 0.6) is 0 Å². The monoisotopic (exact) mass is 412 g/mol. The Hall–Kier alpha value is -2.54. The van der Waals surface area contributed by atoms with Crippen LogP contribution in [0.4, 0.5) is 5.69 Å². The zero-order valence-electron chi connectivity index (χ0n) is 16.8. The van der Waals surface area contributed by atoms with Gasteiger partial charge in [0.15, 0.2) is 5.96 Å². The molecule has 1 N–H and O–H groups in total. The molecular formula is C22H28N4O2S. The summed E-state index contributed by atoms with van der Waals surface area (Å²) in [4.78, 5) is 6.59. The van der Waals surface area contributed by atoms with E-state index in [0.717, 1.165) is 43.1 Å². The first-order chi connectivity index (χ1) is 14.1. The van der Waals surface area contributed by atoms with Crippen LogP contribution in [0.3, 0.4) is 0 Å². The summed E-state index contributed by atoms with van der Waals surface area (Å²) in [7, 11) is -1.60. The average Bonchev–Trinajstić information content (AvgIpc) is 3.40. The molecule has 0 saturated carbocycles. The quantitative estimate of drug-likeness (QED) is 0.605. The highest BCUT2D eigenvalue weighted by Crippen LogP contribution is 2.30. The Morgan fingerprint density at radius 1 is 1.10 bits per heavy atom. The van der Waals surface area contributed by atoms with E-state index in [4.69, 9.17) is 0 Å². The van der Waals surface area contributed by atoms with Gasteiger partial charge in [-0.2, -0.15) is 0 Å². The van der Waals surface area contributed by atoms with E-state index in [1.165, 1.54) is 5.56 Å². The van der Waals surface area contributed by atoms with Crippen LogP contribution < -0.4 is 9.62 Å². The summed E-state index contributed by atoms with van der Waals surface area (Å²) in [6, 6.07) is 18.3. The molecule has 2 aliphatic heterocycles. The van der Waals surface area contributed by atoms with Crippen molar-refractivity contribution in [1.82, 2.24) is 10.2 Å². The van der Waals surface area contributed by atoms with Gasteiger partial charge < -0.3 is 10.2 Å². The number of hydrogen-bond acceptors (Lipinski definition) is 3. The molecule has 7 heteroatoms. The van der Waals surface area contributed by atoms with E-state index >= 15 is 0 Å². The minimum atomic E-state index is -3.36. The molecule has 0 radical (unpaired) electrons. The van der Waals surface area contributed by atoms with E-state index < -0.39 is 10.0 Å². The van der Waals surface area contributed by atoms with Crippen molar-refractivity contribution in [2.24, 2.45) is 4.99 Å². The standard InChI is InChI=1S/C22H28N4O2S/c1-23-22(25-14-11-20(17-25)18-7-3-2-4-8-18)24-13-16-29(27,28)26-15-12-19-9-5-6-10-21(19)26/h2-10,20H,11-17H2,1H3,(H,23,24). The maximum Gasteiger partial charge on any atom is 0.236 e. The smallest absolute Gasteiger partial charge is 0.236 e. The molecule has 2 aliphatic rings. The maximum atomic E-state index is 12.9. The molecule has 29 heavy (non-hydrogen) atoms. The third-order valence-electron chi connectivity index (χ3n) is 5.79. The van der Waals surface area contributed by atoms with Crippen molar-refractivity contribution in [2.45, 2.75) is 18.8 Å². The van der Waals surface area contributed by atoms with Crippen molar-refractivity contribution < 1.29 is 8.42 Å². The molecule has 0 amide bonds. The molecule has 154 valence electrons. The second kappa shape index (κ2) is 8.45. The SMILES string of the molecule is CN=C(NCCS(=O)(=O)N1CCc2ccccc21)N1CCC(c2ccccc2)C1. The fourth-order valence-electron chi connectivity index (χ4n) is 4.28. The van der Waals surface area contributed by atoms with Crippen LogP contribution in [-0.2, 0) is 16.4 Å². The van der Waals surface area contributed by atoms with E-state index in [-0.39, 0.29) is 5.75 Å². The molecule has 4 rings (SSSR count). The van der Waals surface area contributed by atoms with E-state index in [1.54, 1.807) is 11.4 Å². The first-order valence-electron chi connectivity index (χ1n) is 10.2. The molecule has 2 heterocycles. The molecule has 2 aromatic carbocycles. The zero-order valence-corrected chi connectivity index (χ0v) is 17.6. The highest BCUT2D eigenvalue weighted by molar-refractivity contribution is 7.92. The summed E-state index contributed by atoms with van der Waals surface area (Å²) in [6.07, 6.45) is 1.85. The van der Waals surface area contributed by atoms with Gasteiger partial charge in [0.2, 0.25) is 10.0 Å². The number of likely N-dealkylation sites (tertiary alicyclic amines) is 1. The van der Waals surface area contributed by atoms with Crippen molar-refractivity contribution in [3.05, 3.63) is 65.7 Å². The summed E-state index contributed by atoms with van der Waals surface area (Å²) in [6.45, 7) is 2.70. The number of para-hydroxylation sites is 1. The lowest BCUT2D eigenvalue weighted by molar-refractivity contribution is 0.488. The topological polar surface area (TPSA) is 65.0 Å². The van der Waals surface area contributed by atoms with Gasteiger partial charge in [0.25, 0.3) is 0 Å². The lowest BCUT2D eigenvalue weighted by Crippen LogP contribution is -2.43. The van der Waals surface area contributed by atoms with Crippen LogP contribution in [0.2, 0.25) is 0 Å². The van der Waals surface area contributed by atoms with Gasteiger partial charge in [-0.15, -0.1) is 0 Å². The van der Waals surface area contributed by atoms with Gasteiger partial charge in [-0.3, -0.25) is 9.30 Å². The number of nitrogens with one attached hydrogen (secondary N) is 1. The third-order valence-corrected chi connectivity index (χ3v) is 7.56. The molecule has 6 nitrogen and oxygen atoms in total. The summed E-state index contributed by atoms with van der Waals surface area (Å²) < 4.78 is 27.3. The van der Waals surface area contributed by atoms with E-state index in [1.807, 2.05) is 30.3 Å². The fraction of sp³-hybridized carbons (Fsp3) is 0.409. The average molecular weight is 413 g/mol. The van der Waals surface area contributed by atoms with Crippen molar-refractivity contribution >= 4 is 21.7 Å². The number of hydrogen-bond donors (Lipinski definition) is 1. The molecule has 1 saturated heterocycles. The van der Waals surface area contributed by atoms with Crippen LogP contribution in [-0.4, -0.2) is 58.3 Å². The second-order valence-electron chi connectivity index (χ2n) is 7.58. The Labute approximate surface area is 173 Å². The minimum Gasteiger partial charge on any atom is -0.355 e. The normalized spacial score (nSPS) is 19.5. The van der Waals surface area contributed by atoms with Crippen LogP contribution >= 0.6 is 0 Å². The zero-order chi connectivity index (χ0) is 20.3. The molecule has 0 aromatic heterocycles. The first-order valence-corrected chi connectivity index (χ1v) is 11.8. The Morgan fingerprint density at radius 3 is 2.66 bits per heavy atom. The summed E-state index contributed by atoms with van der Waals surface area (Å²) >= 11 is 0. The predicted octanol–water partition coefficient (Wildman–Crippen LogP) is 2.44. The Bertz CT molecular complexity index is 975. The van der Waals surface area contributed by atoms with Crippen molar-refractivity contribution in [1.29, 1.82) is 0 Å². The van der Waals surface area contributed by atoms with Gasteiger partial charge in [0, 0.05) is 39.1 Å². The predicted molar refractivity (Wildman–Crippen MR) is 118 cm³/mol. The van der Waals surface area contributed by atoms with E-state index in [2.05, 4.69) is 39.5 Å². The number of sulfonamides is 1. The Kier molecular flexibility index (Phi) is 5.76. The van der Waals surface area contributed by atoms with Gasteiger partial charge in [-0.25, -0.2) is 8.42 Å². The number of guanidine groups is 1. The summed E-state index contributed by atoms with van der Waals surface area (Å²) in [5.74, 6) is 1.32. The van der Waals surface area contributed by atoms with E-state index in [9.17, 15) is 8.42 Å². The lowest BCUT2D eigenvalue weighted by Gasteiger charge is -2.23. The summed E-state index contributed by atoms with van der Waals surface area (Å²) in [5, 5.41) is 3.26. The number of anilines is 1. The number of nitrogens with zero attached hydrogens (tertiary/aromatic N) is 3.